The first-order valence-corrected chi connectivity index (χ1v) is 7.39. The highest BCUT2D eigenvalue weighted by Crippen LogP contribution is 2.37. The third kappa shape index (κ3) is 4.48. The first-order chi connectivity index (χ1) is 11.8. The van der Waals surface area contributed by atoms with E-state index >= 15 is 0 Å². The highest BCUT2D eigenvalue weighted by Gasteiger charge is 2.28. The summed E-state index contributed by atoms with van der Waals surface area (Å²) < 4.78 is 10.5. The van der Waals surface area contributed by atoms with Gasteiger partial charge in [0, 0.05) is 0 Å². The third-order valence-electron chi connectivity index (χ3n) is 2.93. The summed E-state index contributed by atoms with van der Waals surface area (Å²) in [6.07, 6.45) is 1.21. The monoisotopic (exact) mass is 368 g/mol. The highest BCUT2D eigenvalue weighted by molar-refractivity contribution is 6.33. The average molecular weight is 369 g/mol. The molecule has 25 heavy (non-hydrogen) atoms. The van der Waals surface area contributed by atoms with Crippen LogP contribution in [0, 0.1) is 0 Å². The number of carbonyl (C=O) groups is 4. The van der Waals surface area contributed by atoms with Gasteiger partial charge in [-0.3, -0.25) is 20.2 Å². The van der Waals surface area contributed by atoms with E-state index in [1.54, 1.807) is 6.92 Å². The Morgan fingerprint density at radius 1 is 1.20 bits per heavy atom. The van der Waals surface area contributed by atoms with E-state index in [0.717, 1.165) is 0 Å². The lowest BCUT2D eigenvalue weighted by atomic mass is 10.1. The Morgan fingerprint density at radius 2 is 1.84 bits per heavy atom. The molecule has 3 N–H and O–H groups in total. The van der Waals surface area contributed by atoms with Crippen molar-refractivity contribution < 1.29 is 33.8 Å². The number of urea groups is 1. The lowest BCUT2D eigenvalue weighted by Crippen LogP contribution is -2.51. The van der Waals surface area contributed by atoms with E-state index in [1.807, 2.05) is 10.6 Å². The van der Waals surface area contributed by atoms with Crippen LogP contribution in [-0.4, -0.2) is 42.1 Å². The molecule has 0 atom stereocenters. The minimum Gasteiger partial charge on any atom is -0.490 e. The van der Waals surface area contributed by atoms with Crippen molar-refractivity contribution >= 4 is 41.5 Å². The smallest absolute Gasteiger partial charge is 0.341 e. The number of rotatable bonds is 6. The summed E-state index contributed by atoms with van der Waals surface area (Å²) in [5, 5.41) is 12.6. The van der Waals surface area contributed by atoms with Gasteiger partial charge in [-0.15, -0.1) is 0 Å². The Bertz CT molecular complexity index is 766. The Morgan fingerprint density at radius 3 is 2.40 bits per heavy atom. The molecule has 1 aromatic rings. The van der Waals surface area contributed by atoms with Crippen molar-refractivity contribution in [1.82, 2.24) is 10.6 Å². The van der Waals surface area contributed by atoms with Crippen molar-refractivity contribution in [1.29, 1.82) is 0 Å². The molecule has 1 saturated heterocycles. The molecule has 1 heterocycles. The van der Waals surface area contributed by atoms with Gasteiger partial charge < -0.3 is 14.6 Å². The molecule has 9 nitrogen and oxygen atoms in total. The van der Waals surface area contributed by atoms with Gasteiger partial charge in [0.05, 0.1) is 11.6 Å². The highest BCUT2D eigenvalue weighted by atomic mass is 35.5. The molecule has 0 bridgehead atoms. The van der Waals surface area contributed by atoms with Gasteiger partial charge in [-0.05, 0) is 30.7 Å². The van der Waals surface area contributed by atoms with Gasteiger partial charge in [0.15, 0.2) is 18.1 Å². The van der Waals surface area contributed by atoms with Crippen LogP contribution in [0.1, 0.15) is 12.5 Å². The summed E-state index contributed by atoms with van der Waals surface area (Å²) in [6.45, 7) is 1.33. The zero-order valence-electron chi connectivity index (χ0n) is 12.9. The maximum Gasteiger partial charge on any atom is 0.341 e. The van der Waals surface area contributed by atoms with Crippen molar-refractivity contribution in [3.05, 3.63) is 28.3 Å². The first-order valence-electron chi connectivity index (χ1n) is 7.01. The molecule has 0 radical (unpaired) electrons. The van der Waals surface area contributed by atoms with Gasteiger partial charge in [0.2, 0.25) is 0 Å². The number of hydrogen-bond donors (Lipinski definition) is 3. The number of amides is 4. The predicted octanol–water partition coefficient (Wildman–Crippen LogP) is 0.951. The van der Waals surface area contributed by atoms with E-state index < -0.39 is 30.4 Å². The van der Waals surface area contributed by atoms with Crippen LogP contribution >= 0.6 is 11.6 Å². The molecule has 1 aliphatic rings. The molecule has 10 heteroatoms. The van der Waals surface area contributed by atoms with Crippen molar-refractivity contribution in [2.75, 3.05) is 13.2 Å². The fraction of sp³-hybridized carbons (Fsp3) is 0.200. The topological polar surface area (TPSA) is 131 Å². The summed E-state index contributed by atoms with van der Waals surface area (Å²) in [5.41, 5.74) is 0.0306. The van der Waals surface area contributed by atoms with Gasteiger partial charge in [-0.2, -0.15) is 0 Å². The van der Waals surface area contributed by atoms with Crippen LogP contribution in [0.5, 0.6) is 11.5 Å². The number of barbiturate groups is 1. The number of carboxylic acid groups (broad SMARTS) is 1. The molecular formula is C15H13ClN2O7. The third-order valence-corrected chi connectivity index (χ3v) is 3.21. The average Bonchev–Trinajstić information content (AvgIpc) is 2.50. The molecule has 2 rings (SSSR count). The van der Waals surface area contributed by atoms with Crippen LogP contribution in [0.4, 0.5) is 4.79 Å². The van der Waals surface area contributed by atoms with E-state index in [4.69, 9.17) is 26.2 Å². The van der Waals surface area contributed by atoms with Gasteiger partial charge in [-0.1, -0.05) is 11.6 Å². The van der Waals surface area contributed by atoms with Crippen LogP contribution < -0.4 is 20.1 Å². The molecule has 1 fully saturated rings. The minimum atomic E-state index is -1.19. The second-order valence-corrected chi connectivity index (χ2v) is 5.15. The van der Waals surface area contributed by atoms with Crippen LogP contribution in [0.25, 0.3) is 6.08 Å². The molecule has 132 valence electrons. The second-order valence-electron chi connectivity index (χ2n) is 4.74. The number of hydrogen-bond acceptors (Lipinski definition) is 6. The lowest BCUT2D eigenvalue weighted by molar-refractivity contribution is -0.139. The van der Waals surface area contributed by atoms with Crippen LogP contribution in [0.2, 0.25) is 5.02 Å². The molecule has 1 aliphatic heterocycles. The SMILES string of the molecule is CCOc1cc(C=C2C(=O)NC(=O)NC2=O)cc(Cl)c1OCC(=O)O. The van der Waals surface area contributed by atoms with E-state index in [1.165, 1.54) is 18.2 Å². The van der Waals surface area contributed by atoms with E-state index in [-0.39, 0.29) is 28.7 Å². The van der Waals surface area contributed by atoms with Crippen molar-refractivity contribution in [3.8, 4) is 11.5 Å². The Labute approximate surface area is 146 Å². The van der Waals surface area contributed by atoms with Gasteiger partial charge >= 0.3 is 12.0 Å². The number of nitrogens with one attached hydrogen (secondary N) is 2. The van der Waals surface area contributed by atoms with Crippen molar-refractivity contribution in [2.45, 2.75) is 6.92 Å². The number of carbonyl (C=O) groups excluding carboxylic acids is 3. The number of halogens is 1. The first kappa shape index (κ1) is 18.3. The summed E-state index contributed by atoms with van der Waals surface area (Å²) >= 11 is 6.08. The number of imide groups is 2. The maximum atomic E-state index is 11.7. The van der Waals surface area contributed by atoms with Gasteiger partial charge in [0.1, 0.15) is 5.57 Å². The Kier molecular flexibility index (Phi) is 5.60. The molecule has 1 aromatic carbocycles. The summed E-state index contributed by atoms with van der Waals surface area (Å²) in [5.74, 6) is -2.72. The van der Waals surface area contributed by atoms with Crippen LogP contribution in [-0.2, 0) is 14.4 Å². The van der Waals surface area contributed by atoms with Crippen molar-refractivity contribution in [2.24, 2.45) is 0 Å². The number of carboxylic acids is 1. The molecule has 0 saturated carbocycles. The van der Waals surface area contributed by atoms with E-state index in [2.05, 4.69) is 0 Å². The van der Waals surface area contributed by atoms with Crippen molar-refractivity contribution in [3.63, 3.8) is 0 Å². The Hall–Kier alpha value is -3.07. The molecule has 4 amide bonds. The normalized spacial score (nSPS) is 13.8. The summed E-state index contributed by atoms with van der Waals surface area (Å²) in [7, 11) is 0. The summed E-state index contributed by atoms with van der Waals surface area (Å²) in [4.78, 5) is 45.2. The lowest BCUT2D eigenvalue weighted by Gasteiger charge is -2.15. The molecule has 0 aromatic heterocycles. The maximum absolute atomic E-state index is 11.7. The molecule has 0 aliphatic carbocycles. The minimum absolute atomic E-state index is 0.0285. The van der Waals surface area contributed by atoms with Crippen LogP contribution in [0.15, 0.2) is 17.7 Å². The fourth-order valence-corrected chi connectivity index (χ4v) is 2.25. The zero-order valence-corrected chi connectivity index (χ0v) is 13.7. The Balaban J connectivity index is 2.40. The van der Waals surface area contributed by atoms with E-state index in [9.17, 15) is 19.2 Å². The number of benzene rings is 1. The fourth-order valence-electron chi connectivity index (χ4n) is 1.98. The van der Waals surface area contributed by atoms with Gasteiger partial charge in [-0.25, -0.2) is 9.59 Å². The summed E-state index contributed by atoms with van der Waals surface area (Å²) in [6, 6.07) is 1.89. The van der Waals surface area contributed by atoms with E-state index in [0.29, 0.717) is 5.56 Å². The van der Waals surface area contributed by atoms with Crippen LogP contribution in [0.3, 0.4) is 0 Å². The molecule has 0 unspecified atom stereocenters. The van der Waals surface area contributed by atoms with Gasteiger partial charge in [0.25, 0.3) is 11.8 Å². The second kappa shape index (κ2) is 7.67. The number of aliphatic carboxylic acids is 1. The number of ether oxygens (including phenoxy) is 2. The molecule has 0 spiro atoms. The largest absolute Gasteiger partial charge is 0.490 e. The molecular weight excluding hydrogens is 356 g/mol. The predicted molar refractivity (Wildman–Crippen MR) is 85.4 cm³/mol. The zero-order chi connectivity index (χ0) is 18.6. The quantitative estimate of drug-likeness (QED) is 0.503. The standard InChI is InChI=1S/C15H13ClN2O7/c1-2-24-10-5-7(4-9(16)12(10)25-6-11(19)20)3-8-13(21)17-15(23)18-14(8)22/h3-5H,2,6H2,1H3,(H,19,20)(H2,17,18,21,22,23).